The Kier molecular flexibility index (Phi) is 13.9. The Balaban J connectivity index is 0.931. The van der Waals surface area contributed by atoms with Crippen molar-refractivity contribution in [2.75, 3.05) is 24.5 Å². The second-order valence-electron chi connectivity index (χ2n) is 24.7. The number of hydrogen-bond acceptors (Lipinski definition) is 6. The van der Waals surface area contributed by atoms with Crippen LogP contribution in [0.2, 0.25) is 0 Å². The van der Waals surface area contributed by atoms with E-state index < -0.39 is 31.0 Å². The summed E-state index contributed by atoms with van der Waals surface area (Å²) >= 11 is 1.35. The highest BCUT2D eigenvalue weighted by molar-refractivity contribution is 8.00. The molecule has 4 aliphatic rings. The molecular weight excluding hydrogens is 1220 g/mol. The summed E-state index contributed by atoms with van der Waals surface area (Å²) in [5.74, 6) is -0.610. The lowest BCUT2D eigenvalue weighted by atomic mass is 9.31. The van der Waals surface area contributed by atoms with Gasteiger partial charge in [0.2, 0.25) is 6.71 Å². The summed E-state index contributed by atoms with van der Waals surface area (Å²) in [5, 5.41) is 0. The molecule has 14 aromatic carbocycles. The van der Waals surface area contributed by atoms with Crippen molar-refractivity contribution >= 4 is 143 Å². The zero-order valence-electron chi connectivity index (χ0n) is 52.1. The van der Waals surface area contributed by atoms with Gasteiger partial charge in [-0.2, -0.15) is 13.2 Å². The van der Waals surface area contributed by atoms with Gasteiger partial charge >= 0.3 is 6.18 Å². The van der Waals surface area contributed by atoms with E-state index in [2.05, 4.69) is 202 Å². The van der Waals surface area contributed by atoms with Crippen LogP contribution in [0.1, 0.15) is 5.56 Å². The van der Waals surface area contributed by atoms with Crippen LogP contribution in [0.4, 0.5) is 103 Å². The lowest BCUT2D eigenvalue weighted by Gasteiger charge is -2.46. The zero-order chi connectivity index (χ0) is 64.9. The molecule has 14 aromatic rings. The maximum Gasteiger partial charge on any atom is 0.418 e. The first kappa shape index (κ1) is 57.9. The molecule has 0 aromatic heterocycles. The molecule has 460 valence electrons. The molecule has 0 unspecified atom stereocenters. The van der Waals surface area contributed by atoms with Crippen LogP contribution in [0.5, 0.6) is 0 Å². The fraction of sp³-hybridized carbons (Fsp3) is 0.0118. The van der Waals surface area contributed by atoms with E-state index in [4.69, 9.17) is 0 Å². The minimum Gasteiger partial charge on any atom is -0.311 e. The Morgan fingerprint density at radius 1 is 0.320 bits per heavy atom. The molecule has 0 saturated carbocycles. The number of fused-ring (bicyclic) bond motifs is 8. The van der Waals surface area contributed by atoms with Crippen molar-refractivity contribution < 1.29 is 17.6 Å². The van der Waals surface area contributed by atoms with Crippen LogP contribution in [0.3, 0.4) is 0 Å². The molecule has 0 N–H and O–H groups in total. The Morgan fingerprint density at radius 2 is 0.753 bits per heavy atom. The van der Waals surface area contributed by atoms with Gasteiger partial charge in [-0.1, -0.05) is 236 Å². The second kappa shape index (κ2) is 23.3. The molecule has 97 heavy (non-hydrogen) atoms. The number of para-hydroxylation sites is 8. The highest BCUT2D eigenvalue weighted by Crippen LogP contribution is 2.54. The van der Waals surface area contributed by atoms with Crippen LogP contribution in [-0.2, 0) is 6.18 Å². The number of rotatable bonds is 11. The van der Waals surface area contributed by atoms with E-state index >= 15 is 17.6 Å². The smallest absolute Gasteiger partial charge is 0.311 e. The van der Waals surface area contributed by atoms with Gasteiger partial charge in [-0.25, -0.2) is 4.39 Å². The average Bonchev–Trinajstić information content (AvgIpc) is 0.685. The number of nitrogens with zero attached hydrogens (tertiary/aromatic N) is 5. The van der Waals surface area contributed by atoms with Crippen molar-refractivity contribution in [1.82, 2.24) is 0 Å². The van der Waals surface area contributed by atoms with Gasteiger partial charge in [-0.05, 0) is 159 Å². The monoisotopic (exact) mass is 1280 g/mol. The van der Waals surface area contributed by atoms with Crippen molar-refractivity contribution in [2.45, 2.75) is 16.0 Å². The number of halogens is 4. The maximum atomic E-state index is 20.5. The predicted octanol–water partition coefficient (Wildman–Crippen LogP) is 20.0. The van der Waals surface area contributed by atoms with Crippen LogP contribution in [-0.4, -0.2) is 13.4 Å². The van der Waals surface area contributed by atoms with E-state index in [1.807, 2.05) is 127 Å². The van der Waals surface area contributed by atoms with E-state index in [0.29, 0.717) is 21.7 Å². The van der Waals surface area contributed by atoms with Crippen LogP contribution in [0.15, 0.2) is 343 Å². The van der Waals surface area contributed by atoms with Crippen molar-refractivity contribution in [1.29, 1.82) is 0 Å². The molecular formula is C85H55B2F4N5S. The van der Waals surface area contributed by atoms with Crippen LogP contribution in [0.25, 0.3) is 22.3 Å². The van der Waals surface area contributed by atoms with Crippen LogP contribution < -0.4 is 57.3 Å². The first-order chi connectivity index (χ1) is 47.7. The molecule has 0 radical (unpaired) electrons. The van der Waals surface area contributed by atoms with Crippen LogP contribution >= 0.6 is 11.8 Å². The Labute approximate surface area is 565 Å². The molecule has 0 amide bonds. The molecule has 0 fully saturated rings. The molecule has 4 aliphatic heterocycles. The van der Waals surface area contributed by atoms with Gasteiger partial charge in [0.15, 0.2) is 5.82 Å². The second-order valence-corrected chi connectivity index (χ2v) is 25.8. The molecule has 0 atom stereocenters. The third-order valence-corrected chi connectivity index (χ3v) is 20.5. The lowest BCUT2D eigenvalue weighted by molar-refractivity contribution is -0.137. The van der Waals surface area contributed by atoms with Crippen molar-refractivity contribution in [3.8, 4) is 22.3 Å². The summed E-state index contributed by atoms with van der Waals surface area (Å²) in [7, 11) is 0. The van der Waals surface area contributed by atoms with Crippen molar-refractivity contribution in [3.05, 3.63) is 345 Å². The first-order valence-electron chi connectivity index (χ1n) is 32.5. The van der Waals surface area contributed by atoms with E-state index in [9.17, 15) is 0 Å². The van der Waals surface area contributed by atoms with Gasteiger partial charge in [0.25, 0.3) is 6.71 Å². The van der Waals surface area contributed by atoms with Gasteiger partial charge in [0, 0.05) is 77.9 Å². The average molecular weight is 1280 g/mol. The number of alkyl halides is 3. The zero-order valence-corrected chi connectivity index (χ0v) is 52.9. The largest absolute Gasteiger partial charge is 0.418 e. The van der Waals surface area contributed by atoms with Gasteiger partial charge in [0.1, 0.15) is 0 Å². The number of benzene rings is 14. The quantitative estimate of drug-likeness (QED) is 0.0941. The Hall–Kier alpha value is -11.7. The van der Waals surface area contributed by atoms with Crippen molar-refractivity contribution in [2.24, 2.45) is 0 Å². The van der Waals surface area contributed by atoms with Gasteiger partial charge in [-0.15, -0.1) is 0 Å². The topological polar surface area (TPSA) is 16.2 Å². The summed E-state index contributed by atoms with van der Waals surface area (Å²) in [6.45, 7) is -1.20. The molecule has 12 heteroatoms. The van der Waals surface area contributed by atoms with Gasteiger partial charge < -0.3 is 24.5 Å². The minimum absolute atomic E-state index is 0.0595. The molecule has 4 heterocycles. The van der Waals surface area contributed by atoms with Gasteiger partial charge in [0.05, 0.1) is 28.3 Å². The fourth-order valence-corrected chi connectivity index (χ4v) is 16.5. The predicted molar refractivity (Wildman–Crippen MR) is 396 cm³/mol. The van der Waals surface area contributed by atoms with E-state index in [1.165, 1.54) is 23.9 Å². The van der Waals surface area contributed by atoms with Gasteiger partial charge in [-0.3, -0.25) is 0 Å². The van der Waals surface area contributed by atoms with Crippen molar-refractivity contribution in [3.63, 3.8) is 0 Å². The first-order valence-corrected chi connectivity index (χ1v) is 33.3. The third kappa shape index (κ3) is 9.56. The molecule has 5 nitrogen and oxygen atoms in total. The summed E-state index contributed by atoms with van der Waals surface area (Å²) in [6, 6.07) is 111. The molecule has 0 spiro atoms. The lowest BCUT2D eigenvalue weighted by Crippen LogP contribution is -2.65. The fourth-order valence-electron chi connectivity index (χ4n) is 15.3. The Bertz CT molecular complexity index is 5320. The highest BCUT2D eigenvalue weighted by atomic mass is 32.2. The molecule has 0 aliphatic carbocycles. The standard InChI is InChI=1S/C85H55B2F4N5S/c88-82-83-70(86-68-41-21-25-45-74(68)94(61-35-15-5-16-36-61)76-51-64(92(59-31-11-3-12-32-59)60-33-13-4-14-34-60)52-77(80(76)86)96(83)73-44-24-20-40-67(73)85(89,90)91)55-71-84(82)97-79-54-65(53-78-81(79)87(71)69-42-22-26-46-75(69)95(78)62-37-17-6-18-38-62)93(63-49-47-57(48-50-63)56-27-7-1-8-28-56)72-43-23-19-39-66(72)58-29-9-2-10-30-58/h1-55H. The SMILES string of the molecule is Fc1c2c(cc3c1N(c1ccccc1C(F)(F)F)c1cc(N(c4ccccc4)c4ccccc4)cc4c1B3c1ccccc1N4c1ccccc1)B1c3ccccc3N(c3ccccc3)c3cc(N(c4ccc(-c5ccccc5)cc4)c4ccccc4-c4ccccc4)cc(c31)S2. The summed E-state index contributed by atoms with van der Waals surface area (Å²) in [6.07, 6.45) is -4.84. The summed E-state index contributed by atoms with van der Waals surface area (Å²) in [4.78, 5) is 11.7. The van der Waals surface area contributed by atoms with E-state index in [-0.39, 0.29) is 11.4 Å². The normalized spacial score (nSPS) is 13.0. The van der Waals surface area contributed by atoms with E-state index in [0.717, 1.165) is 123 Å². The van der Waals surface area contributed by atoms with Crippen LogP contribution in [0, 0.1) is 5.82 Å². The minimum atomic E-state index is -4.84. The summed E-state index contributed by atoms with van der Waals surface area (Å²) < 4.78 is 69.4. The molecule has 18 rings (SSSR count). The Morgan fingerprint density at radius 3 is 1.33 bits per heavy atom. The molecule has 0 bridgehead atoms. The number of hydrogen-bond donors (Lipinski definition) is 0. The van der Waals surface area contributed by atoms with E-state index in [1.54, 1.807) is 11.0 Å². The summed E-state index contributed by atoms with van der Waals surface area (Å²) in [5.41, 5.74) is 18.8. The third-order valence-electron chi connectivity index (χ3n) is 19.3. The maximum absolute atomic E-state index is 20.5. The number of anilines is 15. The highest BCUT2D eigenvalue weighted by Gasteiger charge is 2.50. The molecule has 0 saturated heterocycles.